The lowest BCUT2D eigenvalue weighted by Crippen LogP contribution is -2.16. The zero-order chi connectivity index (χ0) is 10.0. The molecule has 72 valence electrons. The molecule has 0 heterocycles. The van der Waals surface area contributed by atoms with Gasteiger partial charge < -0.3 is 15.9 Å². The summed E-state index contributed by atoms with van der Waals surface area (Å²) >= 11 is 0. The molecular weight excluding hydrogens is 166 g/mol. The van der Waals surface area contributed by atoms with Gasteiger partial charge in [0.25, 0.3) is 0 Å². The second-order valence-corrected chi connectivity index (χ2v) is 3.21. The Balaban J connectivity index is 3.18. The maximum Gasteiger partial charge on any atom is 0.118 e. The standard InChI is InChI=1S/C10H15NO2/c1-6-7(2)10(13)4-3-8(6)9(11)5-12/h3-4,9,12-13H,5,11H2,1-2H3. The van der Waals surface area contributed by atoms with E-state index in [9.17, 15) is 5.11 Å². The van der Waals surface area contributed by atoms with Crippen molar-refractivity contribution < 1.29 is 10.2 Å². The molecule has 0 saturated heterocycles. The predicted molar refractivity (Wildman–Crippen MR) is 51.6 cm³/mol. The Morgan fingerprint density at radius 2 is 1.92 bits per heavy atom. The summed E-state index contributed by atoms with van der Waals surface area (Å²) in [6.07, 6.45) is 0. The Morgan fingerprint density at radius 3 is 2.46 bits per heavy atom. The first-order valence-electron chi connectivity index (χ1n) is 4.23. The molecule has 0 fully saturated rings. The lowest BCUT2D eigenvalue weighted by molar-refractivity contribution is 0.267. The van der Waals surface area contributed by atoms with Crippen LogP contribution in [0.2, 0.25) is 0 Å². The molecule has 0 radical (unpaired) electrons. The van der Waals surface area contributed by atoms with E-state index >= 15 is 0 Å². The smallest absolute Gasteiger partial charge is 0.118 e. The van der Waals surface area contributed by atoms with Crippen molar-refractivity contribution in [1.82, 2.24) is 0 Å². The molecule has 1 unspecified atom stereocenters. The van der Waals surface area contributed by atoms with Gasteiger partial charge in [-0.05, 0) is 36.6 Å². The van der Waals surface area contributed by atoms with E-state index in [1.165, 1.54) is 0 Å². The van der Waals surface area contributed by atoms with Crippen molar-refractivity contribution in [2.75, 3.05) is 6.61 Å². The molecule has 1 atom stereocenters. The molecule has 0 amide bonds. The fraction of sp³-hybridized carbons (Fsp3) is 0.400. The number of hydrogen-bond acceptors (Lipinski definition) is 3. The number of aliphatic hydroxyl groups excluding tert-OH is 1. The number of phenolic OH excluding ortho intramolecular Hbond substituents is 1. The monoisotopic (exact) mass is 181 g/mol. The van der Waals surface area contributed by atoms with E-state index in [-0.39, 0.29) is 18.4 Å². The highest BCUT2D eigenvalue weighted by Gasteiger charge is 2.10. The van der Waals surface area contributed by atoms with E-state index in [1.807, 2.05) is 13.8 Å². The summed E-state index contributed by atoms with van der Waals surface area (Å²) in [6, 6.07) is 2.99. The van der Waals surface area contributed by atoms with Crippen molar-refractivity contribution in [1.29, 1.82) is 0 Å². The largest absolute Gasteiger partial charge is 0.508 e. The first kappa shape index (κ1) is 10.0. The van der Waals surface area contributed by atoms with Crippen molar-refractivity contribution in [3.05, 3.63) is 28.8 Å². The molecule has 1 aromatic carbocycles. The van der Waals surface area contributed by atoms with Crippen LogP contribution in [0.25, 0.3) is 0 Å². The Kier molecular flexibility index (Phi) is 2.90. The van der Waals surface area contributed by atoms with Gasteiger partial charge in [0.15, 0.2) is 0 Å². The Bertz CT molecular complexity index is 310. The van der Waals surface area contributed by atoms with E-state index < -0.39 is 0 Å². The van der Waals surface area contributed by atoms with Gasteiger partial charge in [0.1, 0.15) is 5.75 Å². The highest BCUT2D eigenvalue weighted by atomic mass is 16.3. The second-order valence-electron chi connectivity index (χ2n) is 3.21. The van der Waals surface area contributed by atoms with E-state index in [1.54, 1.807) is 12.1 Å². The number of nitrogens with two attached hydrogens (primary N) is 1. The highest BCUT2D eigenvalue weighted by Crippen LogP contribution is 2.25. The van der Waals surface area contributed by atoms with E-state index in [0.29, 0.717) is 0 Å². The third-order valence-corrected chi connectivity index (χ3v) is 2.40. The van der Waals surface area contributed by atoms with E-state index in [4.69, 9.17) is 10.8 Å². The summed E-state index contributed by atoms with van der Waals surface area (Å²) in [6.45, 7) is 3.64. The molecule has 1 rings (SSSR count). The van der Waals surface area contributed by atoms with Crippen LogP contribution < -0.4 is 5.73 Å². The number of aromatic hydroxyl groups is 1. The van der Waals surface area contributed by atoms with Gasteiger partial charge in [0.2, 0.25) is 0 Å². The van der Waals surface area contributed by atoms with Gasteiger partial charge in [0.05, 0.1) is 12.6 Å². The summed E-state index contributed by atoms with van der Waals surface area (Å²) < 4.78 is 0. The minimum Gasteiger partial charge on any atom is -0.508 e. The van der Waals surface area contributed by atoms with Gasteiger partial charge in [0, 0.05) is 0 Å². The van der Waals surface area contributed by atoms with Crippen molar-refractivity contribution in [3.8, 4) is 5.75 Å². The molecule has 0 aromatic heterocycles. The third kappa shape index (κ3) is 1.82. The molecule has 1 aromatic rings. The zero-order valence-corrected chi connectivity index (χ0v) is 7.91. The summed E-state index contributed by atoms with van der Waals surface area (Å²) in [5.41, 5.74) is 8.34. The van der Waals surface area contributed by atoms with Crippen LogP contribution in [0.4, 0.5) is 0 Å². The fourth-order valence-electron chi connectivity index (χ4n) is 1.33. The number of hydrogen-bond donors (Lipinski definition) is 3. The average Bonchev–Trinajstić information content (AvgIpc) is 2.13. The second kappa shape index (κ2) is 3.77. The van der Waals surface area contributed by atoms with Crippen LogP contribution in [0.3, 0.4) is 0 Å². The lowest BCUT2D eigenvalue weighted by Gasteiger charge is -2.14. The van der Waals surface area contributed by atoms with Crippen molar-refractivity contribution in [2.24, 2.45) is 5.73 Å². The van der Waals surface area contributed by atoms with Crippen LogP contribution in [0.1, 0.15) is 22.7 Å². The Morgan fingerprint density at radius 1 is 1.31 bits per heavy atom. The summed E-state index contributed by atoms with van der Waals surface area (Å²) in [5.74, 6) is 0.270. The number of phenols is 1. The summed E-state index contributed by atoms with van der Waals surface area (Å²) in [5, 5.41) is 18.3. The molecule has 4 N–H and O–H groups in total. The topological polar surface area (TPSA) is 66.5 Å². The van der Waals surface area contributed by atoms with Crippen LogP contribution in [-0.2, 0) is 0 Å². The molecule has 0 aliphatic rings. The van der Waals surface area contributed by atoms with Crippen LogP contribution in [0.15, 0.2) is 12.1 Å². The number of aliphatic hydroxyl groups is 1. The molecule has 3 heteroatoms. The number of rotatable bonds is 2. The maximum atomic E-state index is 9.38. The first-order chi connectivity index (χ1) is 6.07. The summed E-state index contributed by atoms with van der Waals surface area (Å²) in [7, 11) is 0. The minimum absolute atomic E-state index is 0.0783. The quantitative estimate of drug-likeness (QED) is 0.637. The molecule has 0 aliphatic heterocycles. The molecule has 0 bridgehead atoms. The maximum absolute atomic E-state index is 9.38. The van der Waals surface area contributed by atoms with Crippen molar-refractivity contribution in [2.45, 2.75) is 19.9 Å². The SMILES string of the molecule is Cc1c(O)ccc(C(N)CO)c1C. The molecule has 0 aliphatic carbocycles. The van der Waals surface area contributed by atoms with Gasteiger partial charge >= 0.3 is 0 Å². The molecular formula is C10H15NO2. The first-order valence-corrected chi connectivity index (χ1v) is 4.23. The molecule has 0 saturated carbocycles. The van der Waals surface area contributed by atoms with Crippen molar-refractivity contribution >= 4 is 0 Å². The number of benzene rings is 1. The normalized spacial score (nSPS) is 12.9. The fourth-order valence-corrected chi connectivity index (χ4v) is 1.33. The van der Waals surface area contributed by atoms with Crippen LogP contribution >= 0.6 is 0 Å². The third-order valence-electron chi connectivity index (χ3n) is 2.40. The van der Waals surface area contributed by atoms with Crippen molar-refractivity contribution in [3.63, 3.8) is 0 Å². The Labute approximate surface area is 77.8 Å². The van der Waals surface area contributed by atoms with Crippen LogP contribution in [0.5, 0.6) is 5.75 Å². The Hall–Kier alpha value is -1.06. The van der Waals surface area contributed by atoms with Gasteiger partial charge in [-0.15, -0.1) is 0 Å². The highest BCUT2D eigenvalue weighted by molar-refractivity contribution is 5.43. The van der Waals surface area contributed by atoms with Gasteiger partial charge in [-0.3, -0.25) is 0 Å². The zero-order valence-electron chi connectivity index (χ0n) is 7.91. The lowest BCUT2D eigenvalue weighted by atomic mass is 9.98. The molecule has 0 spiro atoms. The van der Waals surface area contributed by atoms with E-state index in [2.05, 4.69) is 0 Å². The van der Waals surface area contributed by atoms with Crippen LogP contribution in [-0.4, -0.2) is 16.8 Å². The van der Waals surface area contributed by atoms with Crippen LogP contribution in [0, 0.1) is 13.8 Å². The molecule has 13 heavy (non-hydrogen) atoms. The molecule has 3 nitrogen and oxygen atoms in total. The minimum atomic E-state index is -0.362. The average molecular weight is 181 g/mol. The van der Waals surface area contributed by atoms with Gasteiger partial charge in [-0.1, -0.05) is 6.07 Å². The predicted octanol–water partition coefficient (Wildman–Crippen LogP) is 1.00. The van der Waals surface area contributed by atoms with Gasteiger partial charge in [-0.2, -0.15) is 0 Å². The summed E-state index contributed by atoms with van der Waals surface area (Å²) in [4.78, 5) is 0. The van der Waals surface area contributed by atoms with Gasteiger partial charge in [-0.25, -0.2) is 0 Å². The van der Waals surface area contributed by atoms with E-state index in [0.717, 1.165) is 16.7 Å².